The van der Waals surface area contributed by atoms with Crippen LogP contribution >= 0.6 is 11.8 Å². The summed E-state index contributed by atoms with van der Waals surface area (Å²) in [5, 5.41) is 9.57. The third kappa shape index (κ3) is 3.97. The van der Waals surface area contributed by atoms with Crippen LogP contribution in [0.4, 0.5) is 0 Å². The molecule has 0 aliphatic carbocycles. The zero-order valence-electron chi connectivity index (χ0n) is 10.4. The van der Waals surface area contributed by atoms with Crippen LogP contribution in [-0.2, 0) is 5.75 Å². The molecule has 0 radical (unpaired) electrons. The molecule has 1 unspecified atom stereocenters. The van der Waals surface area contributed by atoms with Crippen LogP contribution in [0.2, 0.25) is 0 Å². The second-order valence-corrected chi connectivity index (χ2v) is 5.30. The topological polar surface area (TPSA) is 46.5 Å². The Labute approximate surface area is 106 Å². The number of hydrogen-bond donors (Lipinski definition) is 1. The largest absolute Gasteiger partial charge is 0.496 e. The van der Waals surface area contributed by atoms with Crippen molar-refractivity contribution in [2.45, 2.75) is 31.3 Å². The van der Waals surface area contributed by atoms with Gasteiger partial charge in [0.25, 0.3) is 0 Å². The zero-order chi connectivity index (χ0) is 12.8. The van der Waals surface area contributed by atoms with Gasteiger partial charge < -0.3 is 9.84 Å². The first-order valence-electron chi connectivity index (χ1n) is 5.60. The molecule has 0 spiro atoms. The van der Waals surface area contributed by atoms with Crippen molar-refractivity contribution >= 4 is 17.7 Å². The smallest absolute Gasteiger partial charge is 0.339 e. The van der Waals surface area contributed by atoms with Crippen LogP contribution in [-0.4, -0.2) is 23.4 Å². The van der Waals surface area contributed by atoms with Crippen molar-refractivity contribution in [3.8, 4) is 5.75 Å². The van der Waals surface area contributed by atoms with E-state index in [1.807, 2.05) is 17.8 Å². The van der Waals surface area contributed by atoms with Gasteiger partial charge in [-0.2, -0.15) is 11.8 Å². The van der Waals surface area contributed by atoms with Gasteiger partial charge in [0.1, 0.15) is 11.3 Å². The van der Waals surface area contributed by atoms with Crippen LogP contribution < -0.4 is 4.74 Å². The lowest BCUT2D eigenvalue weighted by atomic mass is 10.1. The SMILES string of the molecule is CCC(C)SCc1ccc(C(=O)O)c(OC)c1. The maximum atomic E-state index is 10.9. The van der Waals surface area contributed by atoms with Crippen LogP contribution in [0.25, 0.3) is 0 Å². The quantitative estimate of drug-likeness (QED) is 0.845. The minimum Gasteiger partial charge on any atom is -0.496 e. The molecule has 0 fully saturated rings. The van der Waals surface area contributed by atoms with Gasteiger partial charge in [-0.25, -0.2) is 4.79 Å². The van der Waals surface area contributed by atoms with Crippen molar-refractivity contribution in [1.29, 1.82) is 0 Å². The zero-order valence-corrected chi connectivity index (χ0v) is 11.2. The van der Waals surface area contributed by atoms with Crippen molar-refractivity contribution < 1.29 is 14.6 Å². The number of hydrogen-bond acceptors (Lipinski definition) is 3. The van der Waals surface area contributed by atoms with E-state index in [4.69, 9.17) is 9.84 Å². The highest BCUT2D eigenvalue weighted by Gasteiger charge is 2.11. The third-order valence-corrected chi connectivity index (χ3v) is 4.01. The monoisotopic (exact) mass is 254 g/mol. The Morgan fingerprint density at radius 3 is 2.76 bits per heavy atom. The van der Waals surface area contributed by atoms with Gasteiger partial charge in [-0.3, -0.25) is 0 Å². The molecule has 0 bridgehead atoms. The summed E-state index contributed by atoms with van der Waals surface area (Å²) in [5.74, 6) is 0.355. The highest BCUT2D eigenvalue weighted by atomic mass is 32.2. The fraction of sp³-hybridized carbons (Fsp3) is 0.462. The van der Waals surface area contributed by atoms with Crippen LogP contribution in [0.1, 0.15) is 36.2 Å². The van der Waals surface area contributed by atoms with E-state index in [1.54, 1.807) is 12.1 Å². The second kappa shape index (κ2) is 6.55. The molecule has 3 nitrogen and oxygen atoms in total. The van der Waals surface area contributed by atoms with Gasteiger partial charge in [-0.05, 0) is 24.1 Å². The number of thioether (sulfide) groups is 1. The number of carboxylic acids is 1. The molecule has 0 saturated heterocycles. The first-order chi connectivity index (χ1) is 8.08. The molecule has 0 aliphatic rings. The van der Waals surface area contributed by atoms with Gasteiger partial charge in [0, 0.05) is 11.0 Å². The molecule has 0 saturated carbocycles. The Balaban J connectivity index is 2.79. The standard InChI is InChI=1S/C13H18O3S/c1-4-9(2)17-8-10-5-6-11(13(14)15)12(7-10)16-3/h5-7,9H,4,8H2,1-3H3,(H,14,15). The third-order valence-electron chi connectivity index (χ3n) is 2.61. The molecule has 1 aromatic carbocycles. The number of benzene rings is 1. The van der Waals surface area contributed by atoms with E-state index >= 15 is 0 Å². The van der Waals surface area contributed by atoms with Crippen LogP contribution in [0.15, 0.2) is 18.2 Å². The number of methoxy groups -OCH3 is 1. The maximum Gasteiger partial charge on any atom is 0.339 e. The number of ether oxygens (including phenoxy) is 1. The molecule has 1 rings (SSSR count). The fourth-order valence-corrected chi connectivity index (χ4v) is 2.25. The summed E-state index contributed by atoms with van der Waals surface area (Å²) in [6.07, 6.45) is 1.13. The molecule has 17 heavy (non-hydrogen) atoms. The average molecular weight is 254 g/mol. The Morgan fingerprint density at radius 1 is 1.53 bits per heavy atom. The molecule has 94 valence electrons. The minimum absolute atomic E-state index is 0.213. The highest BCUT2D eigenvalue weighted by molar-refractivity contribution is 7.99. The number of aromatic carboxylic acids is 1. The molecule has 1 N–H and O–H groups in total. The van der Waals surface area contributed by atoms with E-state index in [-0.39, 0.29) is 5.56 Å². The molecule has 0 heterocycles. The summed E-state index contributed by atoms with van der Waals surface area (Å²) in [6.45, 7) is 4.35. The number of carboxylic acid groups (broad SMARTS) is 1. The predicted octanol–water partition coefficient (Wildman–Crippen LogP) is 3.43. The molecule has 0 amide bonds. The Hall–Kier alpha value is -1.16. The summed E-state index contributed by atoms with van der Waals surface area (Å²) in [7, 11) is 1.49. The van der Waals surface area contributed by atoms with E-state index in [1.165, 1.54) is 7.11 Å². The van der Waals surface area contributed by atoms with Gasteiger partial charge >= 0.3 is 5.97 Å². The van der Waals surface area contributed by atoms with Crippen molar-refractivity contribution in [3.05, 3.63) is 29.3 Å². The van der Waals surface area contributed by atoms with Crippen LogP contribution in [0.3, 0.4) is 0 Å². The van der Waals surface area contributed by atoms with Crippen LogP contribution in [0, 0.1) is 0 Å². The van der Waals surface area contributed by atoms with Gasteiger partial charge in [-0.15, -0.1) is 0 Å². The van der Waals surface area contributed by atoms with E-state index in [2.05, 4.69) is 13.8 Å². The Kier molecular flexibility index (Phi) is 5.35. The van der Waals surface area contributed by atoms with Gasteiger partial charge in [-0.1, -0.05) is 19.9 Å². The van der Waals surface area contributed by atoms with Crippen molar-refractivity contribution in [1.82, 2.24) is 0 Å². The lowest BCUT2D eigenvalue weighted by Crippen LogP contribution is -2.01. The molecule has 4 heteroatoms. The lowest BCUT2D eigenvalue weighted by Gasteiger charge is -2.10. The molecule has 0 aliphatic heterocycles. The normalized spacial score (nSPS) is 12.2. The summed E-state index contributed by atoms with van der Waals surface area (Å²) in [5.41, 5.74) is 1.31. The minimum atomic E-state index is -0.956. The predicted molar refractivity (Wildman–Crippen MR) is 71.0 cm³/mol. The van der Waals surface area contributed by atoms with Gasteiger partial charge in [0.2, 0.25) is 0 Å². The van der Waals surface area contributed by atoms with Crippen molar-refractivity contribution in [2.24, 2.45) is 0 Å². The van der Waals surface area contributed by atoms with E-state index in [0.29, 0.717) is 11.0 Å². The van der Waals surface area contributed by atoms with E-state index in [9.17, 15) is 4.79 Å². The van der Waals surface area contributed by atoms with Crippen molar-refractivity contribution in [3.63, 3.8) is 0 Å². The van der Waals surface area contributed by atoms with E-state index in [0.717, 1.165) is 17.7 Å². The molecule has 0 aromatic heterocycles. The summed E-state index contributed by atoms with van der Waals surface area (Å²) >= 11 is 1.86. The molecule has 1 aromatic rings. The summed E-state index contributed by atoms with van der Waals surface area (Å²) in [6, 6.07) is 5.26. The maximum absolute atomic E-state index is 10.9. The number of carbonyl (C=O) groups is 1. The summed E-state index contributed by atoms with van der Waals surface area (Å²) < 4.78 is 5.09. The summed E-state index contributed by atoms with van der Waals surface area (Å²) in [4.78, 5) is 10.9. The first-order valence-corrected chi connectivity index (χ1v) is 6.65. The molecular weight excluding hydrogens is 236 g/mol. The number of rotatable bonds is 6. The molecule has 1 atom stereocenters. The average Bonchev–Trinajstić information content (AvgIpc) is 2.35. The van der Waals surface area contributed by atoms with E-state index < -0.39 is 5.97 Å². The van der Waals surface area contributed by atoms with Crippen molar-refractivity contribution in [2.75, 3.05) is 7.11 Å². The van der Waals surface area contributed by atoms with Gasteiger partial charge in [0.05, 0.1) is 7.11 Å². The Morgan fingerprint density at radius 2 is 2.24 bits per heavy atom. The fourth-order valence-electron chi connectivity index (χ4n) is 1.36. The first kappa shape index (κ1) is 13.9. The lowest BCUT2D eigenvalue weighted by molar-refractivity contribution is 0.0693. The highest BCUT2D eigenvalue weighted by Crippen LogP contribution is 2.25. The van der Waals surface area contributed by atoms with Crippen LogP contribution in [0.5, 0.6) is 5.75 Å². The van der Waals surface area contributed by atoms with Gasteiger partial charge in [0.15, 0.2) is 0 Å². The second-order valence-electron chi connectivity index (χ2n) is 3.87. The Bertz CT molecular complexity index is 390. The molecular formula is C13H18O3S.